The van der Waals surface area contributed by atoms with E-state index in [1.54, 1.807) is 52.0 Å². The number of rotatable bonds is 9. The van der Waals surface area contributed by atoms with Gasteiger partial charge in [0.2, 0.25) is 0 Å². The molecule has 0 heterocycles. The first-order valence-corrected chi connectivity index (χ1v) is 13.8. The van der Waals surface area contributed by atoms with Gasteiger partial charge in [-0.3, -0.25) is 9.59 Å². The number of carboxylic acid groups (broad SMARTS) is 2. The minimum Gasteiger partial charge on any atom is -0.507 e. The van der Waals surface area contributed by atoms with E-state index in [0.29, 0.717) is 13.2 Å². The Labute approximate surface area is 251 Å². The van der Waals surface area contributed by atoms with Crippen molar-refractivity contribution in [3.63, 3.8) is 0 Å². The van der Waals surface area contributed by atoms with Gasteiger partial charge in [-0.25, -0.2) is 0 Å². The largest absolute Gasteiger partial charge is 0.507 e. The van der Waals surface area contributed by atoms with E-state index in [1.807, 2.05) is 41.5 Å². The minimum atomic E-state index is -0.852. The van der Waals surface area contributed by atoms with E-state index in [1.165, 1.54) is 12.5 Å². The number of hydrogen-bond donors (Lipinski definition) is 4. The van der Waals surface area contributed by atoms with E-state index in [0.717, 1.165) is 33.4 Å². The number of phenols is 2. The van der Waals surface area contributed by atoms with Gasteiger partial charge in [-0.05, 0) is 71.9 Å². The summed E-state index contributed by atoms with van der Waals surface area (Å²) in [4.78, 5) is 22.0. The first-order chi connectivity index (χ1) is 19.2. The van der Waals surface area contributed by atoms with E-state index in [-0.39, 0.29) is 22.3 Å². The molecule has 0 aromatic heterocycles. The smallest absolute Gasteiger partial charge is 0.310 e. The predicted molar refractivity (Wildman–Crippen MR) is 167 cm³/mol. The van der Waals surface area contributed by atoms with E-state index < -0.39 is 23.8 Å². The van der Waals surface area contributed by atoms with Crippen LogP contribution in [0.15, 0.2) is 49.9 Å². The fourth-order valence-electron chi connectivity index (χ4n) is 3.81. The van der Waals surface area contributed by atoms with Gasteiger partial charge in [0, 0.05) is 0 Å². The lowest BCUT2D eigenvalue weighted by atomic mass is 9.82. The number of ether oxygens (including phenoxy) is 2. The van der Waals surface area contributed by atoms with Gasteiger partial charge in [0.15, 0.2) is 0 Å². The number of carbonyl (C=O) groups is 2. The highest BCUT2D eigenvalue weighted by molar-refractivity contribution is 5.76. The summed E-state index contributed by atoms with van der Waals surface area (Å²) in [6, 6.07) is 7.06. The van der Waals surface area contributed by atoms with Crippen molar-refractivity contribution in [2.24, 2.45) is 0 Å². The number of benzene rings is 2. The second-order valence-electron chi connectivity index (χ2n) is 12.2. The van der Waals surface area contributed by atoms with Crippen molar-refractivity contribution < 1.29 is 39.5 Å². The van der Waals surface area contributed by atoms with Crippen LogP contribution in [0.1, 0.15) is 101 Å². The van der Waals surface area contributed by atoms with Crippen LogP contribution in [-0.2, 0) is 29.9 Å². The molecule has 0 aliphatic rings. The molecule has 2 rings (SSSR count). The van der Waals surface area contributed by atoms with Crippen LogP contribution in [0, 0.1) is 13.8 Å². The average molecular weight is 587 g/mol. The zero-order chi connectivity index (χ0) is 33.0. The summed E-state index contributed by atoms with van der Waals surface area (Å²) in [6.45, 7) is 26.7. The van der Waals surface area contributed by atoms with Gasteiger partial charge >= 0.3 is 11.9 Å². The van der Waals surface area contributed by atoms with Gasteiger partial charge < -0.3 is 29.9 Å². The molecule has 0 saturated heterocycles. The third-order valence-electron chi connectivity index (χ3n) is 6.56. The highest BCUT2D eigenvalue weighted by Gasteiger charge is 2.24. The Hall–Kier alpha value is -3.94. The molecule has 0 fully saturated rings. The average Bonchev–Trinajstić information content (AvgIpc) is 2.88. The normalized spacial score (nSPS) is 12.3. The number of phenolic OH excluding ortho intramolecular Hbond substituents is 2. The number of aromatic hydroxyl groups is 2. The third-order valence-corrected chi connectivity index (χ3v) is 6.56. The zero-order valence-electron chi connectivity index (χ0n) is 26.9. The lowest BCUT2D eigenvalue weighted by Crippen LogP contribution is -2.14. The number of carboxylic acids is 2. The van der Waals surface area contributed by atoms with Crippen molar-refractivity contribution in [2.75, 3.05) is 13.2 Å². The van der Waals surface area contributed by atoms with Crippen LogP contribution in [0.5, 0.6) is 11.5 Å². The molecular formula is C34H50O8. The second-order valence-corrected chi connectivity index (χ2v) is 12.2. The second kappa shape index (κ2) is 16.5. The minimum absolute atomic E-state index is 0.205. The molecule has 0 aliphatic carbocycles. The molecule has 0 bridgehead atoms. The van der Waals surface area contributed by atoms with Crippen LogP contribution in [0.3, 0.4) is 0 Å². The van der Waals surface area contributed by atoms with Gasteiger partial charge in [0.25, 0.3) is 0 Å². The Morgan fingerprint density at radius 2 is 1.00 bits per heavy atom. The topological polar surface area (TPSA) is 134 Å². The van der Waals surface area contributed by atoms with Crippen molar-refractivity contribution >= 4 is 11.9 Å². The summed E-state index contributed by atoms with van der Waals surface area (Å²) in [5.41, 5.74) is 4.09. The van der Waals surface area contributed by atoms with Crippen LogP contribution in [0.25, 0.3) is 0 Å². The monoisotopic (exact) mass is 586 g/mol. The molecule has 2 aromatic carbocycles. The number of aryl methyl sites for hydroxylation is 2. The summed E-state index contributed by atoms with van der Waals surface area (Å²) < 4.78 is 9.45. The van der Waals surface area contributed by atoms with Gasteiger partial charge in [0.05, 0.1) is 24.4 Å². The summed E-state index contributed by atoms with van der Waals surface area (Å²) >= 11 is 0. The molecule has 0 radical (unpaired) electrons. The molecule has 2 atom stereocenters. The lowest BCUT2D eigenvalue weighted by Gasteiger charge is -2.23. The Kier molecular flexibility index (Phi) is 14.9. The Bertz CT molecular complexity index is 1120. The van der Waals surface area contributed by atoms with Crippen LogP contribution < -0.4 is 0 Å². The summed E-state index contributed by atoms with van der Waals surface area (Å²) in [7, 11) is 0. The zero-order valence-corrected chi connectivity index (χ0v) is 26.9. The summed E-state index contributed by atoms with van der Waals surface area (Å²) in [5.74, 6) is -2.30. The molecule has 0 aliphatic heterocycles. The highest BCUT2D eigenvalue weighted by atomic mass is 16.5. The van der Waals surface area contributed by atoms with Crippen molar-refractivity contribution in [1.29, 1.82) is 0 Å². The third kappa shape index (κ3) is 11.9. The molecule has 42 heavy (non-hydrogen) atoms. The maximum atomic E-state index is 11.0. The van der Waals surface area contributed by atoms with E-state index in [4.69, 9.17) is 19.7 Å². The molecule has 234 valence electrons. The quantitative estimate of drug-likeness (QED) is 0.174. The Morgan fingerprint density at radius 3 is 1.21 bits per heavy atom. The van der Waals surface area contributed by atoms with Crippen LogP contribution in [0.4, 0.5) is 0 Å². The number of aliphatic carboxylic acids is 2. The van der Waals surface area contributed by atoms with E-state index in [2.05, 4.69) is 13.2 Å². The molecule has 0 amide bonds. The maximum Gasteiger partial charge on any atom is 0.310 e. The van der Waals surface area contributed by atoms with E-state index >= 15 is 0 Å². The summed E-state index contributed by atoms with van der Waals surface area (Å²) in [6.07, 6.45) is 2.76. The van der Waals surface area contributed by atoms with Crippen molar-refractivity contribution in [3.05, 3.63) is 83.3 Å². The molecule has 2 unspecified atom stereocenters. The number of hydrogen-bond acceptors (Lipinski definition) is 6. The molecule has 0 saturated carbocycles. The molecule has 0 spiro atoms. The van der Waals surface area contributed by atoms with Gasteiger partial charge in [-0.2, -0.15) is 0 Å². The molecule has 2 aromatic rings. The fraction of sp³-hybridized carbons (Fsp3) is 0.471. The highest BCUT2D eigenvalue weighted by Crippen LogP contribution is 2.37. The maximum absolute atomic E-state index is 11.0. The first-order valence-electron chi connectivity index (χ1n) is 13.8. The first kappa shape index (κ1) is 38.1. The predicted octanol–water partition coefficient (Wildman–Crippen LogP) is 7.68. The van der Waals surface area contributed by atoms with Crippen molar-refractivity contribution in [3.8, 4) is 11.5 Å². The van der Waals surface area contributed by atoms with Gasteiger partial charge in [0.1, 0.15) is 24.7 Å². The Morgan fingerprint density at radius 1 is 0.714 bits per heavy atom. The molecular weight excluding hydrogens is 536 g/mol. The van der Waals surface area contributed by atoms with Crippen LogP contribution in [-0.4, -0.2) is 45.6 Å². The van der Waals surface area contributed by atoms with Crippen molar-refractivity contribution in [1.82, 2.24) is 0 Å². The van der Waals surface area contributed by atoms with E-state index in [9.17, 15) is 19.8 Å². The molecule has 8 nitrogen and oxygen atoms in total. The fourth-order valence-corrected chi connectivity index (χ4v) is 3.81. The lowest BCUT2D eigenvalue weighted by molar-refractivity contribution is -0.139. The SMILES string of the molecule is C=COCCOC=C.Cc1cc(C(C)C(=O)O)cc(C(C)(C)C)c1O.Cc1cc(C(C)C(=O)O)cc(C(C)(C)C)c1O. The van der Waals surface area contributed by atoms with Crippen molar-refractivity contribution in [2.45, 2.75) is 91.9 Å². The molecule has 4 N–H and O–H groups in total. The van der Waals surface area contributed by atoms with Gasteiger partial charge in [-0.1, -0.05) is 79.0 Å². The molecule has 8 heteroatoms. The van der Waals surface area contributed by atoms with Gasteiger partial charge in [-0.15, -0.1) is 0 Å². The summed E-state index contributed by atoms with van der Waals surface area (Å²) in [5, 5.41) is 38.1. The Balaban J connectivity index is 0.000000642. The standard InChI is InChI=1S/2C14H20O3.C6H10O2/c2*1-8-6-10(9(2)13(16)17)7-11(12(8)15)14(3,4)5;1-3-7-5-6-8-4-2/h2*6-7,9,15H,1-5H3,(H,16,17);3-4H,1-2,5-6H2. The van der Waals surface area contributed by atoms with Crippen LogP contribution >= 0.6 is 0 Å². The van der Waals surface area contributed by atoms with Crippen LogP contribution in [0.2, 0.25) is 0 Å².